The quantitative estimate of drug-likeness (QED) is 0.459. The third kappa shape index (κ3) is 2.72. The van der Waals surface area contributed by atoms with Gasteiger partial charge in [-0.1, -0.05) is 6.07 Å². The molecule has 0 saturated carbocycles. The van der Waals surface area contributed by atoms with Crippen LogP contribution in [0, 0.1) is 16.3 Å². The fourth-order valence-electron chi connectivity index (χ4n) is 1.36. The van der Waals surface area contributed by atoms with Gasteiger partial charge in [-0.3, -0.25) is 0 Å². The lowest BCUT2D eigenvalue weighted by Gasteiger charge is -2.02. The van der Waals surface area contributed by atoms with E-state index in [0.29, 0.717) is 19.6 Å². The predicted molar refractivity (Wildman–Crippen MR) is 81.2 cm³/mol. The summed E-state index contributed by atoms with van der Waals surface area (Å²) < 4.78 is 16.0. The molecule has 0 bridgehead atoms. The van der Waals surface area contributed by atoms with Crippen LogP contribution in [0.15, 0.2) is 27.9 Å². The second kappa shape index (κ2) is 5.35. The van der Waals surface area contributed by atoms with Crippen molar-refractivity contribution in [1.29, 1.82) is 0 Å². The number of halogens is 3. The molecule has 0 aliphatic heterocycles. The van der Waals surface area contributed by atoms with Gasteiger partial charge in [0, 0.05) is 9.13 Å². The molecule has 0 unspecified atom stereocenters. The van der Waals surface area contributed by atoms with Crippen molar-refractivity contribution in [3.8, 4) is 0 Å². The number of rotatable bonds is 2. The molecule has 0 amide bonds. The van der Waals surface area contributed by atoms with E-state index in [9.17, 15) is 4.39 Å². The zero-order chi connectivity index (χ0) is 13.3. The van der Waals surface area contributed by atoms with E-state index in [2.05, 4.69) is 26.0 Å². The minimum absolute atomic E-state index is 0.297. The highest BCUT2D eigenvalue weighted by Gasteiger charge is 2.08. The van der Waals surface area contributed by atoms with E-state index in [4.69, 9.17) is 5.73 Å². The first-order valence-electron chi connectivity index (χ1n) is 4.98. The third-order valence-electron chi connectivity index (χ3n) is 2.22. The van der Waals surface area contributed by atoms with Crippen LogP contribution in [-0.2, 0) is 0 Å². The van der Waals surface area contributed by atoms with Gasteiger partial charge in [0.2, 0.25) is 5.95 Å². The number of hydrogen-bond donors (Lipinski definition) is 1. The maximum Gasteiger partial charge on any atom is 0.221 e. The number of nitrogen functional groups attached to an aromatic ring is 1. The van der Waals surface area contributed by atoms with Crippen LogP contribution in [-0.4, -0.2) is 15.9 Å². The highest BCUT2D eigenvalue weighted by molar-refractivity contribution is 14.1. The zero-order valence-corrected chi connectivity index (χ0v) is 13.1. The number of aromatic nitrogens is 2. The van der Waals surface area contributed by atoms with Crippen LogP contribution in [0.3, 0.4) is 0 Å². The molecule has 2 rings (SSSR count). The summed E-state index contributed by atoms with van der Waals surface area (Å²) in [5.74, 6) is 0.000176. The first-order chi connectivity index (χ1) is 8.49. The summed E-state index contributed by atoms with van der Waals surface area (Å²) in [5, 5.41) is 4.13. The van der Waals surface area contributed by atoms with Crippen molar-refractivity contribution < 1.29 is 4.39 Å². The molecule has 18 heavy (non-hydrogen) atoms. The van der Waals surface area contributed by atoms with E-state index in [1.807, 2.05) is 29.5 Å². The molecule has 0 atom stereocenters. The molecule has 1 aromatic carbocycles. The van der Waals surface area contributed by atoms with Gasteiger partial charge in [-0.15, -0.1) is 0 Å². The van der Waals surface area contributed by atoms with Crippen molar-refractivity contribution in [2.24, 2.45) is 5.10 Å². The van der Waals surface area contributed by atoms with E-state index in [-0.39, 0.29) is 5.82 Å². The molecule has 94 valence electrons. The second-order valence-electron chi connectivity index (χ2n) is 3.59. The number of hydrogen-bond acceptors (Lipinski definition) is 3. The molecule has 2 aromatic rings. The van der Waals surface area contributed by atoms with E-state index in [1.165, 1.54) is 10.9 Å². The summed E-state index contributed by atoms with van der Waals surface area (Å²) in [4.78, 5) is 4.02. The lowest BCUT2D eigenvalue weighted by molar-refractivity contribution is 0.613. The number of aryl methyl sites for hydroxylation is 1. The predicted octanol–water partition coefficient (Wildman–Crippen LogP) is 3.16. The first kappa shape index (κ1) is 13.5. The van der Waals surface area contributed by atoms with Gasteiger partial charge >= 0.3 is 0 Å². The molecule has 1 heterocycles. The Hall–Kier alpha value is -0.960. The second-order valence-corrected chi connectivity index (χ2v) is 5.55. The highest BCUT2D eigenvalue weighted by atomic mass is 127. The fourth-order valence-corrected chi connectivity index (χ4v) is 2.63. The number of imidazole rings is 1. The normalized spacial score (nSPS) is 11.3. The van der Waals surface area contributed by atoms with Gasteiger partial charge in [0.25, 0.3) is 0 Å². The minimum atomic E-state index is -0.297. The maximum absolute atomic E-state index is 13.6. The lowest BCUT2D eigenvalue weighted by atomic mass is 10.2. The van der Waals surface area contributed by atoms with Gasteiger partial charge in [-0.05, 0) is 51.5 Å². The molecular formula is C11H9BrFIN4. The van der Waals surface area contributed by atoms with Crippen LogP contribution >= 0.6 is 38.5 Å². The highest BCUT2D eigenvalue weighted by Crippen LogP contribution is 2.23. The van der Waals surface area contributed by atoms with Crippen LogP contribution < -0.4 is 5.73 Å². The van der Waals surface area contributed by atoms with Crippen molar-refractivity contribution >= 4 is 50.7 Å². The SMILES string of the molecule is Cc1cn(N=Cc2ccc(I)c(F)c2Br)c(N)n1. The Kier molecular flexibility index (Phi) is 4.00. The Morgan fingerprint density at radius 3 is 2.89 bits per heavy atom. The molecule has 1 aromatic heterocycles. The largest absolute Gasteiger partial charge is 0.368 e. The molecule has 0 aliphatic carbocycles. The Balaban J connectivity index is 2.35. The molecule has 0 radical (unpaired) electrons. The molecule has 0 spiro atoms. The Morgan fingerprint density at radius 1 is 1.56 bits per heavy atom. The molecule has 0 fully saturated rings. The van der Waals surface area contributed by atoms with Crippen molar-refractivity contribution in [1.82, 2.24) is 9.66 Å². The summed E-state index contributed by atoms with van der Waals surface area (Å²) in [5.41, 5.74) is 7.06. The van der Waals surface area contributed by atoms with E-state index < -0.39 is 0 Å². The topological polar surface area (TPSA) is 56.2 Å². The smallest absolute Gasteiger partial charge is 0.221 e. The van der Waals surface area contributed by atoms with Crippen LogP contribution in [0.1, 0.15) is 11.3 Å². The standard InChI is InChI=1S/C11H9BrFIN4/c1-6-5-18(11(15)17-6)16-4-7-2-3-8(14)10(13)9(7)12/h2-5H,1H3,(H2,15,17). The molecule has 0 saturated heterocycles. The summed E-state index contributed by atoms with van der Waals surface area (Å²) in [6.07, 6.45) is 3.23. The number of anilines is 1. The van der Waals surface area contributed by atoms with Gasteiger partial charge in [0.1, 0.15) is 0 Å². The molecule has 2 N–H and O–H groups in total. The Labute approximate surface area is 125 Å². The average molecular weight is 423 g/mol. The van der Waals surface area contributed by atoms with Crippen molar-refractivity contribution in [3.05, 3.63) is 43.4 Å². The molecule has 4 nitrogen and oxygen atoms in total. The lowest BCUT2D eigenvalue weighted by Crippen LogP contribution is -1.98. The van der Waals surface area contributed by atoms with Crippen LogP contribution in [0.25, 0.3) is 0 Å². The summed E-state index contributed by atoms with van der Waals surface area (Å²) in [7, 11) is 0. The van der Waals surface area contributed by atoms with Gasteiger partial charge in [-0.2, -0.15) is 5.10 Å². The molecule has 0 aliphatic rings. The summed E-state index contributed by atoms with van der Waals surface area (Å²) >= 11 is 5.13. The number of benzene rings is 1. The van der Waals surface area contributed by atoms with Crippen LogP contribution in [0.2, 0.25) is 0 Å². The van der Waals surface area contributed by atoms with E-state index in [1.54, 1.807) is 18.3 Å². The molecule has 7 heteroatoms. The summed E-state index contributed by atoms with van der Waals surface area (Å²) in [6.45, 7) is 1.82. The van der Waals surface area contributed by atoms with Gasteiger partial charge in [0.05, 0.1) is 22.6 Å². The number of nitrogens with zero attached hydrogens (tertiary/aromatic N) is 3. The van der Waals surface area contributed by atoms with E-state index >= 15 is 0 Å². The monoisotopic (exact) mass is 422 g/mol. The maximum atomic E-state index is 13.6. The van der Waals surface area contributed by atoms with E-state index in [0.717, 1.165) is 5.69 Å². The Bertz CT molecular complexity index is 624. The first-order valence-corrected chi connectivity index (χ1v) is 6.85. The van der Waals surface area contributed by atoms with Gasteiger partial charge < -0.3 is 5.73 Å². The van der Waals surface area contributed by atoms with Crippen molar-refractivity contribution in [2.45, 2.75) is 6.92 Å². The van der Waals surface area contributed by atoms with Crippen LogP contribution in [0.4, 0.5) is 10.3 Å². The Morgan fingerprint density at radius 2 is 2.28 bits per heavy atom. The van der Waals surface area contributed by atoms with Crippen LogP contribution in [0.5, 0.6) is 0 Å². The molecular weight excluding hydrogens is 414 g/mol. The van der Waals surface area contributed by atoms with Crippen molar-refractivity contribution in [3.63, 3.8) is 0 Å². The fraction of sp³-hybridized carbons (Fsp3) is 0.0909. The van der Waals surface area contributed by atoms with Gasteiger partial charge in [-0.25, -0.2) is 14.1 Å². The van der Waals surface area contributed by atoms with Gasteiger partial charge in [0.15, 0.2) is 5.82 Å². The third-order valence-corrected chi connectivity index (χ3v) is 3.86. The zero-order valence-electron chi connectivity index (χ0n) is 9.36. The van der Waals surface area contributed by atoms with Crippen molar-refractivity contribution in [2.75, 3.05) is 5.73 Å². The summed E-state index contributed by atoms with van der Waals surface area (Å²) in [6, 6.07) is 3.46. The minimum Gasteiger partial charge on any atom is -0.368 e. The average Bonchev–Trinajstić information content (AvgIpc) is 2.64. The number of nitrogens with two attached hydrogens (primary N) is 1.